The maximum atomic E-state index is 4.81. The molecule has 0 saturated carbocycles. The maximum Gasteiger partial charge on any atom is 0.179 e. The van der Waals surface area contributed by atoms with E-state index in [0.29, 0.717) is 11.7 Å². The molecule has 0 aliphatic carbocycles. The van der Waals surface area contributed by atoms with Crippen LogP contribution < -0.4 is 0 Å². The van der Waals surface area contributed by atoms with Crippen LogP contribution in [0.5, 0.6) is 0 Å². The zero-order chi connectivity index (χ0) is 22.3. The molecule has 0 saturated heterocycles. The molecule has 2 heterocycles. The second-order valence-corrected chi connectivity index (χ2v) is 8.73. The number of rotatable bonds is 10. The molecular weight excluding hydrogens is 398 g/mol. The van der Waals surface area contributed by atoms with Crippen molar-refractivity contribution in [1.29, 1.82) is 0 Å². The van der Waals surface area contributed by atoms with Crippen molar-refractivity contribution in [3.05, 3.63) is 76.9 Å². The first-order valence-electron chi connectivity index (χ1n) is 11.4. The van der Waals surface area contributed by atoms with Crippen LogP contribution in [0.3, 0.4) is 0 Å². The number of aryl methyl sites for hydroxylation is 2. The van der Waals surface area contributed by atoms with Crippen LogP contribution in [-0.2, 0) is 25.8 Å². The largest absolute Gasteiger partial charge is 0.245 e. The SMILES string of the molecule is CCCc1nc(CCC(C)C)nn1Cc1ccc(Cc2cccc(-c3nnn[nH]3)c2)cc1. The number of nitrogens with one attached hydrogen (secondary N) is 1. The predicted octanol–water partition coefficient (Wildman–Crippen LogP) is 4.64. The van der Waals surface area contributed by atoms with Crippen molar-refractivity contribution in [3.8, 4) is 11.4 Å². The summed E-state index contributed by atoms with van der Waals surface area (Å²) < 4.78 is 2.09. The van der Waals surface area contributed by atoms with Gasteiger partial charge in [0.25, 0.3) is 0 Å². The van der Waals surface area contributed by atoms with Crippen LogP contribution >= 0.6 is 0 Å². The highest BCUT2D eigenvalue weighted by molar-refractivity contribution is 5.55. The fourth-order valence-electron chi connectivity index (χ4n) is 3.77. The average Bonchev–Trinajstić information content (AvgIpc) is 3.45. The molecule has 0 unspecified atom stereocenters. The van der Waals surface area contributed by atoms with E-state index in [9.17, 15) is 0 Å². The summed E-state index contributed by atoms with van der Waals surface area (Å²) >= 11 is 0. The molecular formula is C25H31N7. The van der Waals surface area contributed by atoms with E-state index in [1.165, 1.54) is 16.7 Å². The molecule has 166 valence electrons. The lowest BCUT2D eigenvalue weighted by atomic mass is 10.0. The third kappa shape index (κ3) is 5.66. The number of hydrogen-bond acceptors (Lipinski definition) is 5. The third-order valence-electron chi connectivity index (χ3n) is 5.52. The second-order valence-electron chi connectivity index (χ2n) is 8.73. The van der Waals surface area contributed by atoms with E-state index < -0.39 is 0 Å². The number of aromatic nitrogens is 7. The maximum absolute atomic E-state index is 4.81. The van der Waals surface area contributed by atoms with Gasteiger partial charge in [-0.15, -0.1) is 5.10 Å². The number of hydrogen-bond donors (Lipinski definition) is 1. The molecule has 2 aromatic heterocycles. The van der Waals surface area contributed by atoms with Gasteiger partial charge in [0, 0.05) is 18.4 Å². The van der Waals surface area contributed by atoms with Crippen LogP contribution in [0.4, 0.5) is 0 Å². The topological polar surface area (TPSA) is 85.2 Å². The molecule has 0 aliphatic rings. The molecule has 0 aliphatic heterocycles. The smallest absolute Gasteiger partial charge is 0.179 e. The summed E-state index contributed by atoms with van der Waals surface area (Å²) in [7, 11) is 0. The lowest BCUT2D eigenvalue weighted by Crippen LogP contribution is -2.07. The Morgan fingerprint density at radius 3 is 2.50 bits per heavy atom. The minimum Gasteiger partial charge on any atom is -0.245 e. The molecule has 4 rings (SSSR count). The van der Waals surface area contributed by atoms with E-state index in [0.717, 1.165) is 55.9 Å². The van der Waals surface area contributed by atoms with Gasteiger partial charge in [-0.25, -0.2) is 14.8 Å². The summed E-state index contributed by atoms with van der Waals surface area (Å²) in [6, 6.07) is 17.1. The summed E-state index contributed by atoms with van der Waals surface area (Å²) in [5, 5.41) is 18.9. The van der Waals surface area contributed by atoms with Gasteiger partial charge < -0.3 is 0 Å². The van der Waals surface area contributed by atoms with Crippen molar-refractivity contribution < 1.29 is 0 Å². The number of nitrogens with zero attached hydrogens (tertiary/aromatic N) is 6. The van der Waals surface area contributed by atoms with Gasteiger partial charge in [-0.05, 0) is 58.4 Å². The summed E-state index contributed by atoms with van der Waals surface area (Å²) in [4.78, 5) is 4.81. The Kier molecular flexibility index (Phi) is 7.04. The molecule has 0 fully saturated rings. The van der Waals surface area contributed by atoms with E-state index in [4.69, 9.17) is 10.1 Å². The second kappa shape index (κ2) is 10.3. The van der Waals surface area contributed by atoms with Gasteiger partial charge in [0.15, 0.2) is 11.6 Å². The molecule has 32 heavy (non-hydrogen) atoms. The zero-order valence-corrected chi connectivity index (χ0v) is 19.1. The highest BCUT2D eigenvalue weighted by atomic mass is 15.5. The van der Waals surface area contributed by atoms with Gasteiger partial charge >= 0.3 is 0 Å². The van der Waals surface area contributed by atoms with Gasteiger partial charge in [0.1, 0.15) is 5.82 Å². The lowest BCUT2D eigenvalue weighted by molar-refractivity contribution is 0.567. The summed E-state index contributed by atoms with van der Waals surface area (Å²) in [5.74, 6) is 3.41. The number of benzene rings is 2. The first-order valence-corrected chi connectivity index (χ1v) is 11.4. The van der Waals surface area contributed by atoms with E-state index >= 15 is 0 Å². The normalized spacial score (nSPS) is 11.4. The minimum absolute atomic E-state index is 0.664. The molecule has 4 aromatic rings. The number of H-pyrrole nitrogens is 1. The Labute approximate surface area is 189 Å². The Morgan fingerprint density at radius 2 is 1.78 bits per heavy atom. The van der Waals surface area contributed by atoms with E-state index in [1.54, 1.807) is 0 Å². The van der Waals surface area contributed by atoms with Gasteiger partial charge in [-0.3, -0.25) is 0 Å². The van der Waals surface area contributed by atoms with Gasteiger partial charge in [-0.1, -0.05) is 63.2 Å². The highest BCUT2D eigenvalue weighted by Crippen LogP contribution is 2.18. The van der Waals surface area contributed by atoms with E-state index in [2.05, 4.69) is 82.5 Å². The van der Waals surface area contributed by atoms with E-state index in [1.807, 2.05) is 12.1 Å². The van der Waals surface area contributed by atoms with Crippen molar-refractivity contribution in [3.63, 3.8) is 0 Å². The Hall–Kier alpha value is -3.35. The van der Waals surface area contributed by atoms with Crippen LogP contribution in [0.2, 0.25) is 0 Å². The van der Waals surface area contributed by atoms with Crippen molar-refractivity contribution in [2.45, 2.75) is 59.4 Å². The van der Waals surface area contributed by atoms with Crippen molar-refractivity contribution in [1.82, 2.24) is 35.4 Å². The molecule has 0 atom stereocenters. The summed E-state index contributed by atoms with van der Waals surface area (Å²) in [6.45, 7) is 7.44. The quantitative estimate of drug-likeness (QED) is 0.397. The fourth-order valence-corrected chi connectivity index (χ4v) is 3.77. The monoisotopic (exact) mass is 429 g/mol. The molecule has 0 amide bonds. The first-order chi connectivity index (χ1) is 15.6. The first kappa shape index (κ1) is 21.9. The number of aromatic amines is 1. The third-order valence-corrected chi connectivity index (χ3v) is 5.52. The Bertz CT molecular complexity index is 1110. The number of tetrazole rings is 1. The molecule has 0 spiro atoms. The minimum atomic E-state index is 0.664. The molecule has 0 bridgehead atoms. The molecule has 0 radical (unpaired) electrons. The molecule has 7 heteroatoms. The Balaban J connectivity index is 1.43. The molecule has 2 aromatic carbocycles. The predicted molar refractivity (Wildman–Crippen MR) is 125 cm³/mol. The molecule has 1 N–H and O–H groups in total. The lowest BCUT2D eigenvalue weighted by Gasteiger charge is -2.08. The summed E-state index contributed by atoms with van der Waals surface area (Å²) in [5.41, 5.74) is 4.73. The highest BCUT2D eigenvalue weighted by Gasteiger charge is 2.11. The Morgan fingerprint density at radius 1 is 0.969 bits per heavy atom. The van der Waals surface area contributed by atoms with Crippen molar-refractivity contribution in [2.75, 3.05) is 0 Å². The molecule has 7 nitrogen and oxygen atoms in total. The van der Waals surface area contributed by atoms with Gasteiger partial charge in [0.05, 0.1) is 6.54 Å². The fraction of sp³-hybridized carbons (Fsp3) is 0.400. The zero-order valence-electron chi connectivity index (χ0n) is 19.1. The van der Waals surface area contributed by atoms with Crippen molar-refractivity contribution >= 4 is 0 Å². The summed E-state index contributed by atoms with van der Waals surface area (Å²) in [6.07, 6.45) is 4.97. The van der Waals surface area contributed by atoms with Crippen LogP contribution in [0.25, 0.3) is 11.4 Å². The standard InChI is InChI=1S/C25H31N7/c1-4-6-24-26-23(14-9-18(2)3)29-32(24)17-20-12-10-19(11-13-20)15-21-7-5-8-22(16-21)25-27-30-31-28-25/h5,7-8,10-13,16,18H,4,6,9,14-15,17H2,1-3H3,(H,27,28,30,31). The van der Waals surface area contributed by atoms with Gasteiger partial charge in [-0.2, -0.15) is 5.10 Å². The van der Waals surface area contributed by atoms with Crippen molar-refractivity contribution in [2.24, 2.45) is 5.92 Å². The van der Waals surface area contributed by atoms with E-state index in [-0.39, 0.29) is 0 Å². The van der Waals surface area contributed by atoms with Crippen LogP contribution in [0.1, 0.15) is 62.0 Å². The average molecular weight is 430 g/mol. The van der Waals surface area contributed by atoms with Crippen LogP contribution in [-0.4, -0.2) is 35.4 Å². The van der Waals surface area contributed by atoms with Crippen LogP contribution in [0, 0.1) is 5.92 Å². The van der Waals surface area contributed by atoms with Crippen LogP contribution in [0.15, 0.2) is 48.5 Å². The van der Waals surface area contributed by atoms with Gasteiger partial charge in [0.2, 0.25) is 0 Å².